The van der Waals surface area contributed by atoms with Gasteiger partial charge in [-0.25, -0.2) is 4.79 Å². The molecule has 0 saturated heterocycles. The van der Waals surface area contributed by atoms with E-state index < -0.39 is 22.6 Å². The molecule has 0 heterocycles. The Morgan fingerprint density at radius 2 is 1.93 bits per heavy atom. The Hall–Kier alpha value is -2.80. The standard InChI is InChI=1S/C19H21ClN2O5/c1-12(21(18(23)24)19(2,3)4)13-6-5-7-15(10-13)27-17-11-14(20)8-9-16(17)22(25)26/h5-12H,1-4H3,(H,23,24)/t12-/m1/s1. The lowest BCUT2D eigenvalue weighted by molar-refractivity contribution is -0.385. The van der Waals surface area contributed by atoms with Gasteiger partial charge in [0.25, 0.3) is 0 Å². The molecule has 0 radical (unpaired) electrons. The van der Waals surface area contributed by atoms with Gasteiger partial charge in [0.1, 0.15) is 5.75 Å². The highest BCUT2D eigenvalue weighted by molar-refractivity contribution is 6.30. The second-order valence-electron chi connectivity index (χ2n) is 7.04. The molecule has 0 aliphatic heterocycles. The molecule has 0 fully saturated rings. The Bertz CT molecular complexity index is 863. The average Bonchev–Trinajstić information content (AvgIpc) is 2.53. The zero-order chi connectivity index (χ0) is 20.4. The first kappa shape index (κ1) is 20.5. The number of amides is 1. The largest absolute Gasteiger partial charge is 0.465 e. The number of nitrogens with zero attached hydrogens (tertiary/aromatic N) is 2. The zero-order valence-corrected chi connectivity index (χ0v) is 16.2. The Kier molecular flexibility index (Phi) is 5.95. The van der Waals surface area contributed by atoms with Gasteiger partial charge in [0.2, 0.25) is 5.75 Å². The van der Waals surface area contributed by atoms with Crippen LogP contribution in [0.2, 0.25) is 5.02 Å². The topological polar surface area (TPSA) is 92.9 Å². The second-order valence-corrected chi connectivity index (χ2v) is 7.48. The number of nitro groups is 1. The van der Waals surface area contributed by atoms with Gasteiger partial charge in [-0.15, -0.1) is 0 Å². The molecule has 0 bridgehead atoms. The molecule has 0 spiro atoms. The molecule has 1 amide bonds. The van der Waals surface area contributed by atoms with Gasteiger partial charge < -0.3 is 9.84 Å². The maximum Gasteiger partial charge on any atom is 0.408 e. The molecule has 0 unspecified atom stereocenters. The lowest BCUT2D eigenvalue weighted by Gasteiger charge is -2.38. The van der Waals surface area contributed by atoms with Crippen molar-refractivity contribution in [2.75, 3.05) is 0 Å². The SMILES string of the molecule is C[C@H](c1cccc(Oc2cc(Cl)ccc2[N+](=O)[O-])c1)N(C(=O)O)C(C)(C)C. The smallest absolute Gasteiger partial charge is 0.408 e. The van der Waals surface area contributed by atoms with E-state index in [1.165, 1.54) is 23.1 Å². The van der Waals surface area contributed by atoms with Crippen molar-refractivity contribution in [1.82, 2.24) is 4.90 Å². The molecule has 1 atom stereocenters. The summed E-state index contributed by atoms with van der Waals surface area (Å²) < 4.78 is 5.68. The van der Waals surface area contributed by atoms with Gasteiger partial charge in [0.05, 0.1) is 11.0 Å². The van der Waals surface area contributed by atoms with Gasteiger partial charge in [-0.05, 0) is 51.5 Å². The fraction of sp³-hybridized carbons (Fsp3) is 0.316. The van der Waals surface area contributed by atoms with Crippen LogP contribution >= 0.6 is 11.6 Å². The van der Waals surface area contributed by atoms with Crippen LogP contribution in [0, 0.1) is 10.1 Å². The number of carbonyl (C=O) groups is 1. The molecule has 2 rings (SSSR count). The van der Waals surface area contributed by atoms with E-state index in [1.807, 2.05) is 20.8 Å². The van der Waals surface area contributed by atoms with Crippen molar-refractivity contribution in [3.05, 3.63) is 63.2 Å². The summed E-state index contributed by atoms with van der Waals surface area (Å²) in [5.41, 5.74) is -0.109. The van der Waals surface area contributed by atoms with Gasteiger partial charge in [0.15, 0.2) is 0 Å². The van der Waals surface area contributed by atoms with Crippen LogP contribution in [0.25, 0.3) is 0 Å². The van der Waals surface area contributed by atoms with Crippen LogP contribution in [0.3, 0.4) is 0 Å². The Balaban J connectivity index is 2.37. The molecule has 0 aliphatic rings. The van der Waals surface area contributed by atoms with Crippen molar-refractivity contribution in [3.8, 4) is 11.5 Å². The van der Waals surface area contributed by atoms with Crippen molar-refractivity contribution in [1.29, 1.82) is 0 Å². The number of nitro benzene ring substituents is 1. The van der Waals surface area contributed by atoms with Crippen LogP contribution in [-0.4, -0.2) is 26.6 Å². The predicted octanol–water partition coefficient (Wildman–Crippen LogP) is 5.88. The van der Waals surface area contributed by atoms with Gasteiger partial charge in [0, 0.05) is 22.7 Å². The summed E-state index contributed by atoms with van der Waals surface area (Å²) in [5.74, 6) is 0.368. The van der Waals surface area contributed by atoms with E-state index in [9.17, 15) is 20.0 Å². The predicted molar refractivity (Wildman–Crippen MR) is 103 cm³/mol. The summed E-state index contributed by atoms with van der Waals surface area (Å²) >= 11 is 5.92. The maximum absolute atomic E-state index is 11.7. The quantitative estimate of drug-likeness (QED) is 0.506. The minimum absolute atomic E-state index is 0.0169. The van der Waals surface area contributed by atoms with Crippen LogP contribution in [0.4, 0.5) is 10.5 Å². The number of carboxylic acid groups (broad SMARTS) is 1. The van der Waals surface area contributed by atoms with Crippen LogP contribution in [0.1, 0.15) is 39.3 Å². The molecule has 7 nitrogen and oxygen atoms in total. The number of benzene rings is 2. The molecule has 0 aromatic heterocycles. The Morgan fingerprint density at radius 1 is 1.26 bits per heavy atom. The first-order chi connectivity index (χ1) is 12.5. The van der Waals surface area contributed by atoms with Crippen molar-refractivity contribution in [2.45, 2.75) is 39.3 Å². The van der Waals surface area contributed by atoms with Gasteiger partial charge in [-0.1, -0.05) is 23.7 Å². The van der Waals surface area contributed by atoms with Crippen molar-refractivity contribution in [3.63, 3.8) is 0 Å². The highest BCUT2D eigenvalue weighted by Crippen LogP contribution is 2.35. The number of halogens is 1. The van der Waals surface area contributed by atoms with Crippen LogP contribution in [0.15, 0.2) is 42.5 Å². The summed E-state index contributed by atoms with van der Waals surface area (Å²) in [6.45, 7) is 7.22. The van der Waals surface area contributed by atoms with Crippen LogP contribution in [-0.2, 0) is 0 Å². The van der Waals surface area contributed by atoms with E-state index >= 15 is 0 Å². The monoisotopic (exact) mass is 392 g/mol. The Labute approximate surface area is 162 Å². The third-order valence-electron chi connectivity index (χ3n) is 4.00. The lowest BCUT2D eigenvalue weighted by Crippen LogP contribution is -2.46. The van der Waals surface area contributed by atoms with Crippen LogP contribution in [0.5, 0.6) is 11.5 Å². The molecule has 0 saturated carbocycles. The maximum atomic E-state index is 11.7. The van der Waals surface area contributed by atoms with E-state index in [0.717, 1.165) is 0 Å². The summed E-state index contributed by atoms with van der Waals surface area (Å²) in [6, 6.07) is 10.4. The van der Waals surface area contributed by atoms with Crippen molar-refractivity contribution in [2.24, 2.45) is 0 Å². The molecular formula is C19H21ClN2O5. The summed E-state index contributed by atoms with van der Waals surface area (Å²) in [6.07, 6.45) is -1.04. The number of hydrogen-bond donors (Lipinski definition) is 1. The second kappa shape index (κ2) is 7.84. The Morgan fingerprint density at radius 3 is 2.48 bits per heavy atom. The molecule has 144 valence electrons. The zero-order valence-electron chi connectivity index (χ0n) is 15.5. The van der Waals surface area contributed by atoms with E-state index in [2.05, 4.69) is 0 Å². The summed E-state index contributed by atoms with van der Waals surface area (Å²) in [5, 5.41) is 21.1. The van der Waals surface area contributed by atoms with Crippen molar-refractivity contribution < 1.29 is 19.6 Å². The summed E-state index contributed by atoms with van der Waals surface area (Å²) in [4.78, 5) is 23.7. The first-order valence-corrected chi connectivity index (χ1v) is 8.62. The minimum Gasteiger partial charge on any atom is -0.465 e. The lowest BCUT2D eigenvalue weighted by atomic mass is 9.99. The summed E-state index contributed by atoms with van der Waals surface area (Å²) in [7, 11) is 0. The first-order valence-electron chi connectivity index (χ1n) is 8.24. The third kappa shape index (κ3) is 4.89. The number of ether oxygens (including phenoxy) is 1. The molecule has 8 heteroatoms. The molecule has 27 heavy (non-hydrogen) atoms. The normalized spacial score (nSPS) is 12.3. The molecule has 2 aromatic rings. The molecule has 0 aliphatic carbocycles. The number of hydrogen-bond acceptors (Lipinski definition) is 4. The van der Waals surface area contributed by atoms with Gasteiger partial charge in [-0.3, -0.25) is 15.0 Å². The molecule has 1 N–H and O–H groups in total. The highest BCUT2D eigenvalue weighted by atomic mass is 35.5. The van der Waals surface area contributed by atoms with E-state index in [1.54, 1.807) is 31.2 Å². The van der Waals surface area contributed by atoms with Gasteiger partial charge in [-0.2, -0.15) is 0 Å². The minimum atomic E-state index is -1.04. The van der Waals surface area contributed by atoms with E-state index in [4.69, 9.17) is 16.3 Å². The third-order valence-corrected chi connectivity index (χ3v) is 4.24. The fourth-order valence-electron chi connectivity index (χ4n) is 2.87. The average molecular weight is 393 g/mol. The van der Waals surface area contributed by atoms with Gasteiger partial charge >= 0.3 is 11.8 Å². The van der Waals surface area contributed by atoms with E-state index in [-0.39, 0.29) is 11.4 Å². The highest BCUT2D eigenvalue weighted by Gasteiger charge is 2.31. The molecular weight excluding hydrogens is 372 g/mol. The van der Waals surface area contributed by atoms with Crippen molar-refractivity contribution >= 4 is 23.4 Å². The van der Waals surface area contributed by atoms with Crippen LogP contribution < -0.4 is 4.74 Å². The van der Waals surface area contributed by atoms with E-state index in [0.29, 0.717) is 16.3 Å². The number of rotatable bonds is 5. The molecule has 2 aromatic carbocycles. The fourth-order valence-corrected chi connectivity index (χ4v) is 3.03.